The van der Waals surface area contributed by atoms with Crippen molar-refractivity contribution in [2.24, 2.45) is 0 Å². The summed E-state index contributed by atoms with van der Waals surface area (Å²) < 4.78 is 0. The highest BCUT2D eigenvalue weighted by Gasteiger charge is 2.44. The molecule has 0 spiro atoms. The highest BCUT2D eigenvalue weighted by molar-refractivity contribution is 6.38. The van der Waals surface area contributed by atoms with Crippen molar-refractivity contribution in [1.29, 1.82) is 42.1 Å². The van der Waals surface area contributed by atoms with E-state index in [2.05, 4.69) is 58.2 Å². The van der Waals surface area contributed by atoms with Gasteiger partial charge >= 0.3 is 0 Å². The van der Waals surface area contributed by atoms with E-state index in [1.165, 1.54) is 36.4 Å². The topological polar surface area (TPSA) is 199 Å². The maximum Gasteiger partial charge on any atom is 0.203 e. The number of hydrogen-bond donors (Lipinski definition) is 0. The minimum atomic E-state index is -0.0139. The van der Waals surface area contributed by atoms with Gasteiger partial charge in [0.1, 0.15) is 12.1 Å². The van der Waals surface area contributed by atoms with E-state index in [0.717, 1.165) is 0 Å². The Balaban J connectivity index is 1.66. The lowest BCUT2D eigenvalue weighted by Gasteiger charge is -2.24. The van der Waals surface area contributed by atoms with Crippen LogP contribution < -0.4 is 0 Å². The fourth-order valence-electron chi connectivity index (χ4n) is 9.29. The minimum Gasteiger partial charge on any atom is -0.237 e. The third-order valence-corrected chi connectivity index (χ3v) is 12.1. The zero-order valence-corrected chi connectivity index (χ0v) is 36.3. The monoisotopic (exact) mass is 884 g/mol. The third-order valence-electron chi connectivity index (χ3n) is 12.1. The summed E-state index contributed by atoms with van der Waals surface area (Å²) in [4.78, 5) is 8.45. The van der Waals surface area contributed by atoms with Crippen molar-refractivity contribution in [3.63, 3.8) is 0 Å². The number of nitriles is 8. The van der Waals surface area contributed by atoms with E-state index in [-0.39, 0.29) is 67.1 Å². The first kappa shape index (κ1) is 43.6. The van der Waals surface area contributed by atoms with Gasteiger partial charge in [0.15, 0.2) is 0 Å². The average Bonchev–Trinajstić information content (AvgIpc) is 3.94. The van der Waals surface area contributed by atoms with Crippen LogP contribution in [0.5, 0.6) is 0 Å². The predicted molar refractivity (Wildman–Crippen MR) is 263 cm³/mol. The molecule has 0 amide bonds. The van der Waals surface area contributed by atoms with E-state index in [4.69, 9.17) is 13.1 Å². The summed E-state index contributed by atoms with van der Waals surface area (Å²) >= 11 is 0. The third kappa shape index (κ3) is 7.08. The first-order chi connectivity index (χ1) is 34.3. The lowest BCUT2D eigenvalue weighted by Crippen LogP contribution is -2.04. The van der Waals surface area contributed by atoms with Gasteiger partial charge in [0.2, 0.25) is 11.4 Å². The summed E-state index contributed by atoms with van der Waals surface area (Å²) in [7, 11) is 0. The Morgan fingerprint density at radius 2 is 0.800 bits per heavy atom. The smallest absolute Gasteiger partial charge is 0.203 e. The molecule has 0 bridgehead atoms. The van der Waals surface area contributed by atoms with Crippen LogP contribution in [0.3, 0.4) is 0 Å². The second kappa shape index (κ2) is 18.1. The van der Waals surface area contributed by atoms with Crippen molar-refractivity contribution >= 4 is 44.8 Å². The SMILES string of the molecule is [C-]#[N+]C1=C(c2ccccc2)/C(=C(/C#N)c2cc(C#N)cc(C#N)c2)c2c1c(-c1ccc(C#N)cc1)c1c(c2-c2ccc(C#N)cc2)C(C#N)=C(c2ccccc2)/C1=C(/[N+]#[C-])c1cc(C#N)cc(C#N)c1. The lowest BCUT2D eigenvalue weighted by atomic mass is 9.77. The first-order valence-electron chi connectivity index (χ1n) is 21.1. The molecule has 0 atom stereocenters. The molecular weight excluding hydrogens is 861 g/mol. The molecule has 314 valence electrons. The molecular formula is C60H24N10. The van der Waals surface area contributed by atoms with Crippen molar-refractivity contribution in [2.75, 3.05) is 0 Å². The normalized spacial score (nSPS) is 13.2. The van der Waals surface area contributed by atoms with Gasteiger partial charge in [-0.3, -0.25) is 0 Å². The van der Waals surface area contributed by atoms with Crippen molar-refractivity contribution in [1.82, 2.24) is 0 Å². The Labute approximate surface area is 402 Å². The number of rotatable bonds is 6. The molecule has 7 aromatic carbocycles. The molecule has 0 saturated carbocycles. The van der Waals surface area contributed by atoms with E-state index in [1.54, 1.807) is 97.1 Å². The van der Waals surface area contributed by atoms with Crippen LogP contribution in [0.1, 0.15) is 77.9 Å². The molecule has 7 aromatic rings. The zero-order valence-electron chi connectivity index (χ0n) is 36.3. The number of allylic oxidation sites excluding steroid dienone is 6. The molecule has 10 nitrogen and oxygen atoms in total. The van der Waals surface area contributed by atoms with Gasteiger partial charge in [-0.15, -0.1) is 0 Å². The summed E-state index contributed by atoms with van der Waals surface area (Å²) in [6, 6.07) is 57.8. The predicted octanol–water partition coefficient (Wildman–Crippen LogP) is 12.7. The Bertz CT molecular complexity index is 3730. The van der Waals surface area contributed by atoms with E-state index in [0.29, 0.717) is 77.9 Å². The van der Waals surface area contributed by atoms with E-state index >= 15 is 0 Å². The van der Waals surface area contributed by atoms with Crippen LogP contribution >= 0.6 is 0 Å². The van der Waals surface area contributed by atoms with Gasteiger partial charge in [-0.05, 0) is 144 Å². The van der Waals surface area contributed by atoms with E-state index in [9.17, 15) is 42.1 Å². The average molecular weight is 885 g/mol. The number of benzene rings is 7. The molecule has 0 aliphatic heterocycles. The summed E-state index contributed by atoms with van der Waals surface area (Å²) in [5.74, 6) is 0. The van der Waals surface area contributed by atoms with Crippen LogP contribution in [0.4, 0.5) is 0 Å². The molecule has 0 saturated heterocycles. The zero-order chi connectivity index (χ0) is 49.1. The quantitative estimate of drug-likeness (QED) is 0.116. The molecule has 0 heterocycles. The summed E-state index contributed by atoms with van der Waals surface area (Å²) in [6.45, 7) is 18.1. The van der Waals surface area contributed by atoms with Gasteiger partial charge in [0, 0.05) is 5.56 Å². The molecule has 2 aliphatic rings. The van der Waals surface area contributed by atoms with Crippen molar-refractivity contribution < 1.29 is 0 Å². The Morgan fingerprint density at radius 1 is 0.371 bits per heavy atom. The maximum absolute atomic E-state index is 11.8. The number of hydrogen-bond acceptors (Lipinski definition) is 8. The molecule has 0 N–H and O–H groups in total. The van der Waals surface area contributed by atoms with Crippen LogP contribution in [0.15, 0.2) is 146 Å². The largest absolute Gasteiger partial charge is 0.237 e. The molecule has 10 heteroatoms. The van der Waals surface area contributed by atoms with Gasteiger partial charge in [-0.25, -0.2) is 9.69 Å². The van der Waals surface area contributed by atoms with Gasteiger partial charge < -0.3 is 0 Å². The maximum atomic E-state index is 11.8. The van der Waals surface area contributed by atoms with Crippen LogP contribution in [0, 0.1) is 104 Å². The van der Waals surface area contributed by atoms with Gasteiger partial charge in [-0.1, -0.05) is 84.9 Å². The molecule has 0 fully saturated rings. The Morgan fingerprint density at radius 3 is 1.21 bits per heavy atom. The summed E-state index contributed by atoms with van der Waals surface area (Å²) in [5, 5.41) is 84.0. The van der Waals surface area contributed by atoms with Crippen molar-refractivity contribution in [3.8, 4) is 70.8 Å². The lowest BCUT2D eigenvalue weighted by molar-refractivity contribution is 1.43. The van der Waals surface area contributed by atoms with Gasteiger partial charge in [-0.2, -0.15) is 42.1 Å². The molecule has 0 aromatic heterocycles. The Kier molecular flexibility index (Phi) is 11.3. The number of nitrogens with zero attached hydrogens (tertiary/aromatic N) is 10. The minimum absolute atomic E-state index is 0.00621. The van der Waals surface area contributed by atoms with E-state index in [1.807, 2.05) is 12.1 Å². The van der Waals surface area contributed by atoms with Crippen LogP contribution in [0.2, 0.25) is 0 Å². The first-order valence-corrected chi connectivity index (χ1v) is 21.1. The Hall–Kier alpha value is -11.6. The molecule has 2 aliphatic carbocycles. The summed E-state index contributed by atoms with van der Waals surface area (Å²) in [5.41, 5.74) is 6.98. The highest BCUT2D eigenvalue weighted by Crippen LogP contribution is 2.63. The van der Waals surface area contributed by atoms with Crippen LogP contribution in [-0.4, -0.2) is 0 Å². The van der Waals surface area contributed by atoms with Crippen molar-refractivity contribution in [2.45, 2.75) is 0 Å². The second-order valence-electron chi connectivity index (χ2n) is 15.8. The van der Waals surface area contributed by atoms with Gasteiger partial charge in [0.25, 0.3) is 0 Å². The molecule has 70 heavy (non-hydrogen) atoms. The standard InChI is InChI=1S/C60H24N10/c1-69-59(46-25-39(31-65)22-40(26-46)32-66)57-49(41-9-5-3-6-10-41)48(34-68)54-50(43-17-13-35(27-61)14-18-43)55-53(47(33-67)45-23-37(29-63)21-38(24-45)30-64)52(42-11-7-4-8-12-42)60(70-2)58(55)51(56(54)57)44-19-15-36(28-62)16-20-44/h3-26H/b53-47+,59-57-. The van der Waals surface area contributed by atoms with Gasteiger partial charge in [0.05, 0.1) is 94.1 Å². The van der Waals surface area contributed by atoms with E-state index < -0.39 is 0 Å². The fourth-order valence-corrected chi connectivity index (χ4v) is 9.29. The highest BCUT2D eigenvalue weighted by atomic mass is 14.7. The molecule has 0 radical (unpaired) electrons. The van der Waals surface area contributed by atoms with Crippen LogP contribution in [-0.2, 0) is 0 Å². The fraction of sp³-hybridized carbons (Fsp3) is 0. The summed E-state index contributed by atoms with van der Waals surface area (Å²) in [6.07, 6.45) is 0. The second-order valence-corrected chi connectivity index (χ2v) is 15.8. The molecule has 0 unspecified atom stereocenters. The molecule has 9 rings (SSSR count). The van der Waals surface area contributed by atoms with Crippen LogP contribution in [0.25, 0.3) is 76.8 Å². The van der Waals surface area contributed by atoms with Crippen molar-refractivity contribution in [3.05, 3.63) is 246 Å². The number of fused-ring (bicyclic) bond motifs is 2.